The molecule has 0 N–H and O–H groups in total. The van der Waals surface area contributed by atoms with Gasteiger partial charge in [-0.2, -0.15) is 10.2 Å². The molecule has 2 aromatic rings. The molecule has 0 aliphatic heterocycles. The molecule has 1 aromatic carbocycles. The van der Waals surface area contributed by atoms with Crippen LogP contribution in [-0.2, 0) is 0 Å². The van der Waals surface area contributed by atoms with Crippen LogP contribution in [0.3, 0.4) is 0 Å². The molecule has 0 radical (unpaired) electrons. The Morgan fingerprint density at radius 1 is 1.33 bits per heavy atom. The molecule has 18 heavy (non-hydrogen) atoms. The summed E-state index contributed by atoms with van der Waals surface area (Å²) in [5, 5.41) is 8.85. The Labute approximate surface area is 108 Å². The largest absolute Gasteiger partial charge is 0.439 e. The molecule has 6 heteroatoms. The lowest BCUT2D eigenvalue weighted by molar-refractivity contribution is 0.455. The van der Waals surface area contributed by atoms with Gasteiger partial charge < -0.3 is 4.74 Å². The van der Waals surface area contributed by atoms with E-state index in [0.717, 1.165) is 6.07 Å². The summed E-state index contributed by atoms with van der Waals surface area (Å²) in [4.78, 5) is 7.87. The fourth-order valence-electron chi connectivity index (χ4n) is 1.33. The number of benzene rings is 1. The zero-order chi connectivity index (χ0) is 13.1. The third-order valence-corrected chi connectivity index (χ3v) is 2.26. The Morgan fingerprint density at radius 2 is 2.11 bits per heavy atom. The van der Waals surface area contributed by atoms with E-state index < -0.39 is 5.82 Å². The maximum Gasteiger partial charge on any atom is 0.224 e. The molecule has 0 unspecified atom stereocenters. The molecule has 0 saturated carbocycles. The van der Waals surface area contributed by atoms with Crippen molar-refractivity contribution in [2.45, 2.75) is 6.92 Å². The van der Waals surface area contributed by atoms with Crippen molar-refractivity contribution in [3.8, 4) is 17.7 Å². The topological polar surface area (TPSA) is 58.8 Å². The average molecular weight is 264 g/mol. The summed E-state index contributed by atoms with van der Waals surface area (Å²) < 4.78 is 18.7. The number of hydrogen-bond donors (Lipinski definition) is 0. The third-order valence-electron chi connectivity index (χ3n) is 2.07. The minimum absolute atomic E-state index is 0.0424. The SMILES string of the molecule is Cc1nc(Cl)cc(Oc2ccc(C#N)c(F)c2)n1. The Morgan fingerprint density at radius 3 is 2.72 bits per heavy atom. The smallest absolute Gasteiger partial charge is 0.224 e. The number of halogens is 2. The highest BCUT2D eigenvalue weighted by Gasteiger charge is 2.06. The van der Waals surface area contributed by atoms with Crippen molar-refractivity contribution in [3.05, 3.63) is 46.6 Å². The van der Waals surface area contributed by atoms with Gasteiger partial charge in [0.25, 0.3) is 0 Å². The van der Waals surface area contributed by atoms with E-state index >= 15 is 0 Å². The van der Waals surface area contributed by atoms with E-state index in [2.05, 4.69) is 9.97 Å². The first-order chi connectivity index (χ1) is 8.58. The highest BCUT2D eigenvalue weighted by molar-refractivity contribution is 6.29. The van der Waals surface area contributed by atoms with Crippen molar-refractivity contribution in [2.24, 2.45) is 0 Å². The number of ether oxygens (including phenoxy) is 1. The second-order valence-electron chi connectivity index (χ2n) is 3.43. The number of aromatic nitrogens is 2. The van der Waals surface area contributed by atoms with E-state index in [0.29, 0.717) is 5.82 Å². The highest BCUT2D eigenvalue weighted by Crippen LogP contribution is 2.23. The normalized spacial score (nSPS) is 9.89. The van der Waals surface area contributed by atoms with Crippen LogP contribution in [0, 0.1) is 24.1 Å². The predicted molar refractivity (Wildman–Crippen MR) is 63.0 cm³/mol. The molecular formula is C12H7ClFN3O. The molecule has 1 aromatic heterocycles. The summed E-state index contributed by atoms with van der Waals surface area (Å²) in [5.74, 6) is 0.260. The molecule has 0 fully saturated rings. The maximum absolute atomic E-state index is 13.4. The molecule has 0 amide bonds. The first-order valence-electron chi connectivity index (χ1n) is 4.97. The fourth-order valence-corrected chi connectivity index (χ4v) is 1.54. The van der Waals surface area contributed by atoms with Crippen LogP contribution in [-0.4, -0.2) is 9.97 Å². The second kappa shape index (κ2) is 4.98. The number of aryl methyl sites for hydroxylation is 1. The zero-order valence-electron chi connectivity index (χ0n) is 9.32. The van der Waals surface area contributed by atoms with Gasteiger partial charge >= 0.3 is 0 Å². The van der Waals surface area contributed by atoms with Crippen LogP contribution >= 0.6 is 11.6 Å². The molecule has 1 heterocycles. The Balaban J connectivity index is 2.29. The molecule has 0 atom stereocenters. The van der Waals surface area contributed by atoms with Crippen molar-refractivity contribution in [2.75, 3.05) is 0 Å². The van der Waals surface area contributed by atoms with Gasteiger partial charge in [0, 0.05) is 12.1 Å². The summed E-state index contributed by atoms with van der Waals surface area (Å²) >= 11 is 5.75. The van der Waals surface area contributed by atoms with E-state index in [-0.39, 0.29) is 22.3 Å². The quantitative estimate of drug-likeness (QED) is 0.781. The van der Waals surface area contributed by atoms with E-state index in [4.69, 9.17) is 21.6 Å². The number of hydrogen-bond acceptors (Lipinski definition) is 4. The summed E-state index contributed by atoms with van der Waals surface area (Å²) in [6.45, 7) is 1.66. The lowest BCUT2D eigenvalue weighted by atomic mass is 10.2. The van der Waals surface area contributed by atoms with Crippen LogP contribution in [0.25, 0.3) is 0 Å². The first kappa shape index (κ1) is 12.3. The van der Waals surface area contributed by atoms with Gasteiger partial charge in [0.15, 0.2) is 0 Å². The lowest BCUT2D eigenvalue weighted by Gasteiger charge is -2.06. The van der Waals surface area contributed by atoms with Gasteiger partial charge in [-0.05, 0) is 19.1 Å². The van der Waals surface area contributed by atoms with Crippen LogP contribution in [0.4, 0.5) is 4.39 Å². The van der Waals surface area contributed by atoms with Crippen LogP contribution in [0.15, 0.2) is 24.3 Å². The molecule has 90 valence electrons. The molecule has 2 rings (SSSR count). The molecular weight excluding hydrogens is 257 g/mol. The molecule has 0 saturated heterocycles. The summed E-state index contributed by atoms with van der Waals surface area (Å²) in [7, 11) is 0. The Hall–Kier alpha value is -2.19. The number of nitrogens with zero attached hydrogens (tertiary/aromatic N) is 3. The fraction of sp³-hybridized carbons (Fsp3) is 0.0833. The van der Waals surface area contributed by atoms with E-state index in [1.54, 1.807) is 13.0 Å². The maximum atomic E-state index is 13.4. The molecule has 0 aliphatic rings. The van der Waals surface area contributed by atoms with Gasteiger partial charge in [0.1, 0.15) is 28.6 Å². The Kier molecular flexibility index (Phi) is 3.40. The minimum atomic E-state index is -0.646. The summed E-state index contributed by atoms with van der Waals surface area (Å²) in [6, 6.07) is 7.08. The average Bonchev–Trinajstić information content (AvgIpc) is 2.27. The van der Waals surface area contributed by atoms with Gasteiger partial charge in [0.05, 0.1) is 5.56 Å². The molecule has 4 nitrogen and oxygen atoms in total. The number of rotatable bonds is 2. The minimum Gasteiger partial charge on any atom is -0.439 e. The molecule has 0 bridgehead atoms. The van der Waals surface area contributed by atoms with Crippen LogP contribution in [0.5, 0.6) is 11.6 Å². The predicted octanol–water partition coefficient (Wildman–Crippen LogP) is 3.24. The van der Waals surface area contributed by atoms with Crippen molar-refractivity contribution < 1.29 is 9.13 Å². The van der Waals surface area contributed by atoms with Crippen molar-refractivity contribution in [3.63, 3.8) is 0 Å². The molecule has 0 aliphatic carbocycles. The van der Waals surface area contributed by atoms with Gasteiger partial charge in [-0.1, -0.05) is 11.6 Å². The van der Waals surface area contributed by atoms with Crippen molar-refractivity contribution >= 4 is 11.6 Å². The third kappa shape index (κ3) is 2.73. The summed E-state index contributed by atoms with van der Waals surface area (Å²) in [6.07, 6.45) is 0. The first-order valence-corrected chi connectivity index (χ1v) is 5.35. The van der Waals surface area contributed by atoms with Crippen molar-refractivity contribution in [1.82, 2.24) is 9.97 Å². The lowest BCUT2D eigenvalue weighted by Crippen LogP contribution is -1.94. The Bertz CT molecular complexity index is 619. The van der Waals surface area contributed by atoms with Gasteiger partial charge in [-0.25, -0.2) is 9.37 Å². The standard InChI is InChI=1S/C12H7ClFN3O/c1-7-16-11(13)5-12(17-7)18-9-3-2-8(6-15)10(14)4-9/h2-5H,1H3. The monoisotopic (exact) mass is 263 g/mol. The summed E-state index contributed by atoms with van der Waals surface area (Å²) in [5.41, 5.74) is -0.0424. The van der Waals surface area contributed by atoms with Crippen LogP contribution in [0.1, 0.15) is 11.4 Å². The van der Waals surface area contributed by atoms with E-state index in [1.165, 1.54) is 18.2 Å². The van der Waals surface area contributed by atoms with Gasteiger partial charge in [-0.3, -0.25) is 0 Å². The van der Waals surface area contributed by atoms with Crippen molar-refractivity contribution in [1.29, 1.82) is 5.26 Å². The zero-order valence-corrected chi connectivity index (χ0v) is 10.1. The molecule has 0 spiro atoms. The van der Waals surface area contributed by atoms with Gasteiger partial charge in [0.2, 0.25) is 5.88 Å². The van der Waals surface area contributed by atoms with Crippen LogP contribution < -0.4 is 4.74 Å². The van der Waals surface area contributed by atoms with Crippen LogP contribution in [0.2, 0.25) is 5.15 Å². The van der Waals surface area contributed by atoms with E-state index in [9.17, 15) is 4.39 Å². The second-order valence-corrected chi connectivity index (χ2v) is 3.82. The van der Waals surface area contributed by atoms with Gasteiger partial charge in [-0.15, -0.1) is 0 Å². The van der Waals surface area contributed by atoms with E-state index in [1.807, 2.05) is 0 Å². The highest BCUT2D eigenvalue weighted by atomic mass is 35.5. The number of nitriles is 1.